The van der Waals surface area contributed by atoms with Crippen LogP contribution in [0.5, 0.6) is 0 Å². The number of aryl methyl sites for hydroxylation is 3. The van der Waals surface area contributed by atoms with Crippen LogP contribution in [0.15, 0.2) is 18.2 Å². The number of hydrogen-bond donors (Lipinski definition) is 2. The maximum atomic E-state index is 13.0. The summed E-state index contributed by atoms with van der Waals surface area (Å²) in [6.45, 7) is 9.90. The molecule has 4 rings (SSSR count). The van der Waals surface area contributed by atoms with Gasteiger partial charge in [0.15, 0.2) is 0 Å². The van der Waals surface area contributed by atoms with E-state index in [1.807, 2.05) is 32.9 Å². The Balaban J connectivity index is 1.70. The number of halogens is 1. The lowest BCUT2D eigenvalue weighted by Crippen LogP contribution is -3.12. The first-order valence-corrected chi connectivity index (χ1v) is 10.9. The molecule has 0 bridgehead atoms. The molecule has 0 spiro atoms. The maximum absolute atomic E-state index is 13.0. The lowest BCUT2D eigenvalue weighted by molar-refractivity contribution is -0.880. The Kier molecular flexibility index (Phi) is 5.46. The Hall–Kier alpha value is -2.22. The average Bonchev–Trinajstić information content (AvgIpc) is 3.01. The van der Waals surface area contributed by atoms with E-state index >= 15 is 0 Å². The van der Waals surface area contributed by atoms with E-state index in [1.54, 1.807) is 6.07 Å². The number of benzene rings is 1. The fourth-order valence-electron chi connectivity index (χ4n) is 3.63. The van der Waals surface area contributed by atoms with Crippen LogP contribution in [0, 0.1) is 20.8 Å². The molecule has 0 unspecified atom stereocenters. The van der Waals surface area contributed by atoms with Gasteiger partial charge in [0, 0.05) is 10.7 Å². The van der Waals surface area contributed by atoms with Crippen LogP contribution in [-0.4, -0.2) is 49.1 Å². The van der Waals surface area contributed by atoms with Gasteiger partial charge < -0.3 is 15.1 Å². The van der Waals surface area contributed by atoms with Crippen LogP contribution < -0.4 is 15.1 Å². The summed E-state index contributed by atoms with van der Waals surface area (Å²) in [5, 5.41) is 4.60. The van der Waals surface area contributed by atoms with E-state index in [1.165, 1.54) is 16.2 Å². The third-order valence-corrected chi connectivity index (χ3v) is 7.03. The van der Waals surface area contributed by atoms with E-state index in [0.29, 0.717) is 15.6 Å². The number of piperazine rings is 1. The number of rotatable bonds is 3. The minimum Gasteiger partial charge on any atom is -0.345 e. The predicted octanol–water partition coefficient (Wildman–Crippen LogP) is 2.86. The number of carbonyl (C=O) groups is 1. The highest BCUT2D eigenvalue weighted by atomic mass is 35.5. The second-order valence-corrected chi connectivity index (χ2v) is 9.10. The lowest BCUT2D eigenvalue weighted by Gasteiger charge is -2.31. The zero-order valence-electron chi connectivity index (χ0n) is 17.1. The van der Waals surface area contributed by atoms with Gasteiger partial charge in [0.2, 0.25) is 0 Å². The van der Waals surface area contributed by atoms with Crippen molar-refractivity contribution in [1.82, 2.24) is 9.97 Å². The number of likely N-dealkylation sites (N-methyl/N-ethyl adjacent to an activating group) is 1. The summed E-state index contributed by atoms with van der Waals surface area (Å²) in [4.78, 5) is 27.8. The summed E-state index contributed by atoms with van der Waals surface area (Å²) in [5.41, 5.74) is 2.60. The monoisotopic (exact) mass is 430 g/mol. The molecule has 1 fully saturated rings. The zero-order valence-corrected chi connectivity index (χ0v) is 18.7. The van der Waals surface area contributed by atoms with Gasteiger partial charge in [0.25, 0.3) is 5.91 Å². The molecule has 3 aromatic rings. The van der Waals surface area contributed by atoms with Crippen molar-refractivity contribution in [3.05, 3.63) is 45.1 Å². The molecule has 152 valence electrons. The zero-order chi connectivity index (χ0) is 20.7. The highest BCUT2D eigenvalue weighted by Gasteiger charge is 2.25. The summed E-state index contributed by atoms with van der Waals surface area (Å²) < 4.78 is 0. The van der Waals surface area contributed by atoms with Crippen LogP contribution in [0.3, 0.4) is 0 Å². The fraction of sp³-hybridized carbons (Fsp3) is 0.381. The van der Waals surface area contributed by atoms with Crippen molar-refractivity contribution in [3.63, 3.8) is 0 Å². The van der Waals surface area contributed by atoms with E-state index in [0.717, 1.165) is 59.2 Å². The molecule has 3 heterocycles. The number of amides is 1. The quantitative estimate of drug-likeness (QED) is 0.670. The molecular weight excluding hydrogens is 406 g/mol. The number of carbonyl (C=O) groups excluding carboxylic acids is 1. The first-order valence-electron chi connectivity index (χ1n) is 9.75. The number of aromatic nitrogens is 2. The molecule has 1 amide bonds. The van der Waals surface area contributed by atoms with E-state index in [4.69, 9.17) is 16.6 Å². The number of fused-ring (bicyclic) bond motifs is 1. The number of hydrogen-bond acceptors (Lipinski definition) is 5. The van der Waals surface area contributed by atoms with Crippen molar-refractivity contribution in [3.8, 4) is 0 Å². The Morgan fingerprint density at radius 3 is 2.62 bits per heavy atom. The van der Waals surface area contributed by atoms with E-state index in [-0.39, 0.29) is 5.91 Å². The number of quaternary nitrogens is 1. The largest absolute Gasteiger partial charge is 0.345 e. The van der Waals surface area contributed by atoms with Crippen LogP contribution >= 0.6 is 22.9 Å². The van der Waals surface area contributed by atoms with Crippen molar-refractivity contribution in [2.24, 2.45) is 0 Å². The molecule has 8 heteroatoms. The molecule has 6 nitrogen and oxygen atoms in total. The molecule has 0 atom stereocenters. The van der Waals surface area contributed by atoms with Gasteiger partial charge >= 0.3 is 0 Å². The maximum Gasteiger partial charge on any atom is 0.266 e. The highest BCUT2D eigenvalue weighted by Crippen LogP contribution is 2.36. The van der Waals surface area contributed by atoms with Crippen LogP contribution in [-0.2, 0) is 0 Å². The van der Waals surface area contributed by atoms with Gasteiger partial charge in [-0.25, -0.2) is 9.97 Å². The third kappa shape index (κ3) is 3.95. The lowest BCUT2D eigenvalue weighted by atomic mass is 10.1. The van der Waals surface area contributed by atoms with E-state index in [9.17, 15) is 4.79 Å². The minimum absolute atomic E-state index is 0.142. The molecule has 1 aliphatic heterocycles. The van der Waals surface area contributed by atoms with Crippen LogP contribution in [0.4, 0.5) is 11.5 Å². The van der Waals surface area contributed by atoms with Gasteiger partial charge in [-0.15, -0.1) is 11.3 Å². The Bertz CT molecular complexity index is 1090. The van der Waals surface area contributed by atoms with Gasteiger partial charge in [-0.05, 0) is 44.0 Å². The molecule has 1 saturated heterocycles. The smallest absolute Gasteiger partial charge is 0.266 e. The Morgan fingerprint density at radius 1 is 1.21 bits per heavy atom. The number of anilines is 2. The molecule has 0 aliphatic carbocycles. The van der Waals surface area contributed by atoms with E-state index < -0.39 is 0 Å². The molecular formula is C21H25ClN5OS+. The molecule has 2 N–H and O–H groups in total. The van der Waals surface area contributed by atoms with Gasteiger partial charge in [0.05, 0.1) is 43.5 Å². The highest BCUT2D eigenvalue weighted by molar-refractivity contribution is 7.20. The molecule has 1 aromatic carbocycles. The Labute approximate surface area is 179 Å². The van der Waals surface area contributed by atoms with Crippen molar-refractivity contribution in [2.45, 2.75) is 20.8 Å². The van der Waals surface area contributed by atoms with Gasteiger partial charge in [-0.1, -0.05) is 17.7 Å². The van der Waals surface area contributed by atoms with Gasteiger partial charge in [-0.2, -0.15) is 0 Å². The summed E-state index contributed by atoms with van der Waals surface area (Å²) in [6.07, 6.45) is 0. The SMILES string of the molecule is Cc1nc(N2CC[NH+](C)CC2)c2c(C)c(C(=O)Nc3ccc(C)c(Cl)c3)sc2n1. The van der Waals surface area contributed by atoms with Gasteiger partial charge in [-0.3, -0.25) is 4.79 Å². The van der Waals surface area contributed by atoms with E-state index in [2.05, 4.69) is 22.2 Å². The van der Waals surface area contributed by atoms with Gasteiger partial charge in [0.1, 0.15) is 16.5 Å². The third-order valence-electron chi connectivity index (χ3n) is 5.44. The molecule has 2 aromatic heterocycles. The number of nitrogens with one attached hydrogen (secondary N) is 2. The van der Waals surface area contributed by atoms with Crippen LogP contribution in [0.2, 0.25) is 5.02 Å². The summed E-state index contributed by atoms with van der Waals surface area (Å²) in [5.74, 6) is 1.54. The van der Waals surface area contributed by atoms with Crippen molar-refractivity contribution < 1.29 is 9.69 Å². The Morgan fingerprint density at radius 2 is 1.93 bits per heavy atom. The number of thiophene rings is 1. The topological polar surface area (TPSA) is 62.6 Å². The fourth-order valence-corrected chi connectivity index (χ4v) is 4.92. The van der Waals surface area contributed by atoms with Crippen LogP contribution in [0.25, 0.3) is 10.2 Å². The summed E-state index contributed by atoms with van der Waals surface area (Å²) >= 11 is 7.62. The molecule has 29 heavy (non-hydrogen) atoms. The molecule has 1 aliphatic rings. The minimum atomic E-state index is -0.142. The standard InChI is InChI=1S/C21H24ClN5OS/c1-12-5-6-15(11-16(12)22)25-20(28)18-13(2)17-19(23-14(3)24-21(17)29-18)27-9-7-26(4)8-10-27/h5-6,11H,7-10H2,1-4H3,(H,25,28)/p+1. The second kappa shape index (κ2) is 7.89. The first-order chi connectivity index (χ1) is 13.8. The van der Waals surface area contributed by atoms with Crippen molar-refractivity contribution in [2.75, 3.05) is 43.4 Å². The average molecular weight is 431 g/mol. The first kappa shape index (κ1) is 20.1. The van der Waals surface area contributed by atoms with Crippen molar-refractivity contribution >= 4 is 50.6 Å². The van der Waals surface area contributed by atoms with Crippen LogP contribution in [0.1, 0.15) is 26.6 Å². The number of nitrogens with zero attached hydrogens (tertiary/aromatic N) is 3. The molecule has 0 saturated carbocycles. The predicted molar refractivity (Wildman–Crippen MR) is 120 cm³/mol. The van der Waals surface area contributed by atoms with Crippen molar-refractivity contribution in [1.29, 1.82) is 0 Å². The summed E-state index contributed by atoms with van der Waals surface area (Å²) in [6, 6.07) is 5.54. The normalized spacial score (nSPS) is 15.1. The summed E-state index contributed by atoms with van der Waals surface area (Å²) in [7, 11) is 2.22. The molecule has 0 radical (unpaired) electrons. The second-order valence-electron chi connectivity index (χ2n) is 7.69.